The average molecular weight is 397 g/mol. The van der Waals surface area contributed by atoms with Crippen LogP contribution in [0.2, 0.25) is 0 Å². The number of rotatable bonds is 4. The van der Waals surface area contributed by atoms with Gasteiger partial charge in [-0.15, -0.1) is 0 Å². The predicted molar refractivity (Wildman–Crippen MR) is 117 cm³/mol. The molecule has 1 aliphatic rings. The predicted octanol–water partition coefficient (Wildman–Crippen LogP) is 4.04. The van der Waals surface area contributed by atoms with E-state index in [1.165, 1.54) is 17.4 Å². The summed E-state index contributed by atoms with van der Waals surface area (Å²) in [5.41, 5.74) is 3.55. The standard InChI is InChI=1S/C21H28N6S/c1-15-18(14-22)19(25-20(23-15)28-5)24-16-6-8-17(9-7-16)26-10-12-27(13-11-26)21(2,3)4/h6-9H,10-13H2,1-5H3,(H,23,24,25). The van der Waals surface area contributed by atoms with E-state index in [0.717, 1.165) is 31.9 Å². The summed E-state index contributed by atoms with van der Waals surface area (Å²) >= 11 is 1.47. The van der Waals surface area contributed by atoms with E-state index in [4.69, 9.17) is 0 Å². The molecule has 28 heavy (non-hydrogen) atoms. The van der Waals surface area contributed by atoms with Gasteiger partial charge >= 0.3 is 0 Å². The number of nitrogens with one attached hydrogen (secondary N) is 1. The lowest BCUT2D eigenvalue weighted by molar-refractivity contribution is 0.128. The highest BCUT2D eigenvalue weighted by Gasteiger charge is 2.25. The van der Waals surface area contributed by atoms with Crippen molar-refractivity contribution in [2.45, 2.75) is 38.4 Å². The Kier molecular flexibility index (Phi) is 6.11. The fourth-order valence-electron chi connectivity index (χ4n) is 3.39. The Bertz CT molecular complexity index is 858. The molecule has 0 atom stereocenters. The summed E-state index contributed by atoms with van der Waals surface area (Å²) in [5.74, 6) is 0.561. The Morgan fingerprint density at radius 1 is 1.07 bits per heavy atom. The Labute approximate surface area is 172 Å². The summed E-state index contributed by atoms with van der Waals surface area (Å²) in [6, 6.07) is 10.6. The van der Waals surface area contributed by atoms with E-state index in [0.29, 0.717) is 22.2 Å². The van der Waals surface area contributed by atoms with Crippen molar-refractivity contribution >= 4 is 29.0 Å². The molecule has 1 aliphatic heterocycles. The lowest BCUT2D eigenvalue weighted by atomic mass is 10.0. The molecule has 0 spiro atoms. The van der Waals surface area contributed by atoms with Crippen LogP contribution in [0.3, 0.4) is 0 Å². The minimum absolute atomic E-state index is 0.226. The summed E-state index contributed by atoms with van der Waals surface area (Å²) in [5, 5.41) is 13.4. The molecule has 6 nitrogen and oxygen atoms in total. The molecule has 0 amide bonds. The maximum atomic E-state index is 9.45. The zero-order valence-electron chi connectivity index (χ0n) is 17.3. The number of hydrogen-bond donors (Lipinski definition) is 1. The lowest BCUT2D eigenvalue weighted by Gasteiger charge is -2.43. The first kappa shape index (κ1) is 20.4. The summed E-state index contributed by atoms with van der Waals surface area (Å²) in [6.45, 7) is 12.9. The van der Waals surface area contributed by atoms with Crippen LogP contribution >= 0.6 is 11.8 Å². The van der Waals surface area contributed by atoms with Crippen molar-refractivity contribution in [3.8, 4) is 6.07 Å². The highest BCUT2D eigenvalue weighted by Crippen LogP contribution is 2.26. The zero-order valence-corrected chi connectivity index (χ0v) is 18.1. The number of nitrogens with zero attached hydrogens (tertiary/aromatic N) is 5. The number of aromatic nitrogens is 2. The maximum Gasteiger partial charge on any atom is 0.189 e. The topological polar surface area (TPSA) is 68.1 Å². The molecule has 2 aromatic rings. The van der Waals surface area contributed by atoms with Crippen molar-refractivity contribution in [3.05, 3.63) is 35.5 Å². The zero-order chi connectivity index (χ0) is 20.3. The first-order chi connectivity index (χ1) is 13.3. The largest absolute Gasteiger partial charge is 0.369 e. The number of piperazine rings is 1. The number of benzene rings is 1. The van der Waals surface area contributed by atoms with Gasteiger partial charge < -0.3 is 10.2 Å². The van der Waals surface area contributed by atoms with Crippen LogP contribution in [0.25, 0.3) is 0 Å². The Morgan fingerprint density at radius 3 is 2.25 bits per heavy atom. The van der Waals surface area contributed by atoms with E-state index in [1.807, 2.05) is 25.3 Å². The van der Waals surface area contributed by atoms with Crippen LogP contribution in [0, 0.1) is 18.3 Å². The van der Waals surface area contributed by atoms with E-state index >= 15 is 0 Å². The second kappa shape index (κ2) is 8.38. The number of thioether (sulfide) groups is 1. The van der Waals surface area contributed by atoms with E-state index in [2.05, 4.69) is 64.1 Å². The van der Waals surface area contributed by atoms with Crippen molar-refractivity contribution in [1.29, 1.82) is 5.26 Å². The molecular weight excluding hydrogens is 368 g/mol. The first-order valence-electron chi connectivity index (χ1n) is 9.51. The fraction of sp³-hybridized carbons (Fsp3) is 0.476. The Balaban J connectivity index is 1.71. The molecule has 7 heteroatoms. The third kappa shape index (κ3) is 4.57. The van der Waals surface area contributed by atoms with E-state index in [1.54, 1.807) is 0 Å². The summed E-state index contributed by atoms with van der Waals surface area (Å²) < 4.78 is 0. The van der Waals surface area contributed by atoms with Gasteiger partial charge in [-0.1, -0.05) is 11.8 Å². The second-order valence-corrected chi connectivity index (χ2v) is 8.72. The fourth-order valence-corrected chi connectivity index (χ4v) is 3.80. The normalized spacial score (nSPS) is 15.4. The van der Waals surface area contributed by atoms with E-state index in [-0.39, 0.29) is 5.54 Å². The van der Waals surface area contributed by atoms with Gasteiger partial charge in [-0.05, 0) is 58.2 Å². The summed E-state index contributed by atoms with van der Waals surface area (Å²) in [6.07, 6.45) is 1.93. The van der Waals surface area contributed by atoms with Gasteiger partial charge in [-0.25, -0.2) is 9.97 Å². The molecule has 0 unspecified atom stereocenters. The van der Waals surface area contributed by atoms with Crippen molar-refractivity contribution in [2.75, 3.05) is 42.7 Å². The number of nitriles is 1. The Morgan fingerprint density at radius 2 is 1.71 bits per heavy atom. The molecule has 1 fully saturated rings. The molecule has 1 saturated heterocycles. The van der Waals surface area contributed by atoms with Crippen molar-refractivity contribution in [1.82, 2.24) is 14.9 Å². The molecule has 0 bridgehead atoms. The molecule has 1 aromatic heterocycles. The van der Waals surface area contributed by atoms with Crippen LogP contribution in [-0.4, -0.2) is 52.8 Å². The second-order valence-electron chi connectivity index (χ2n) is 7.95. The van der Waals surface area contributed by atoms with Crippen LogP contribution < -0.4 is 10.2 Å². The van der Waals surface area contributed by atoms with Gasteiger partial charge in [-0.3, -0.25) is 4.90 Å². The quantitative estimate of drug-likeness (QED) is 0.618. The Hall–Kier alpha value is -2.30. The lowest BCUT2D eigenvalue weighted by Crippen LogP contribution is -2.53. The molecule has 1 aromatic carbocycles. The van der Waals surface area contributed by atoms with Gasteiger partial charge in [-0.2, -0.15) is 5.26 Å². The average Bonchev–Trinajstić information content (AvgIpc) is 2.68. The third-order valence-corrected chi connectivity index (χ3v) is 5.64. The van der Waals surface area contributed by atoms with Crippen LogP contribution in [0.15, 0.2) is 29.4 Å². The molecular formula is C21H28N6S. The van der Waals surface area contributed by atoms with Gasteiger partial charge in [0.2, 0.25) is 0 Å². The SMILES string of the molecule is CSc1nc(C)c(C#N)c(Nc2ccc(N3CCN(C(C)(C)C)CC3)cc2)n1. The molecule has 0 aliphatic carbocycles. The summed E-state index contributed by atoms with van der Waals surface area (Å²) in [7, 11) is 0. The highest BCUT2D eigenvalue weighted by atomic mass is 32.2. The van der Waals surface area contributed by atoms with Crippen molar-refractivity contribution in [2.24, 2.45) is 0 Å². The van der Waals surface area contributed by atoms with Crippen molar-refractivity contribution < 1.29 is 0 Å². The van der Waals surface area contributed by atoms with Gasteiger partial charge in [0.15, 0.2) is 11.0 Å². The van der Waals surface area contributed by atoms with E-state index in [9.17, 15) is 5.26 Å². The van der Waals surface area contributed by atoms with Crippen molar-refractivity contribution in [3.63, 3.8) is 0 Å². The van der Waals surface area contributed by atoms with Crippen LogP contribution in [0.5, 0.6) is 0 Å². The minimum Gasteiger partial charge on any atom is -0.369 e. The van der Waals surface area contributed by atoms with Crippen LogP contribution in [-0.2, 0) is 0 Å². The van der Waals surface area contributed by atoms with Gasteiger partial charge in [0.05, 0.1) is 5.69 Å². The monoisotopic (exact) mass is 396 g/mol. The maximum absolute atomic E-state index is 9.45. The summed E-state index contributed by atoms with van der Waals surface area (Å²) in [4.78, 5) is 13.8. The van der Waals surface area contributed by atoms with Gasteiger partial charge in [0, 0.05) is 43.1 Å². The molecule has 0 saturated carbocycles. The number of hydrogen-bond acceptors (Lipinski definition) is 7. The molecule has 148 valence electrons. The molecule has 3 rings (SSSR count). The highest BCUT2D eigenvalue weighted by molar-refractivity contribution is 7.98. The minimum atomic E-state index is 0.226. The van der Waals surface area contributed by atoms with Crippen LogP contribution in [0.4, 0.5) is 17.2 Å². The van der Waals surface area contributed by atoms with Gasteiger partial charge in [0.25, 0.3) is 0 Å². The van der Waals surface area contributed by atoms with Gasteiger partial charge in [0.1, 0.15) is 11.6 Å². The number of anilines is 3. The number of aryl methyl sites for hydroxylation is 1. The van der Waals surface area contributed by atoms with Crippen LogP contribution in [0.1, 0.15) is 32.0 Å². The van der Waals surface area contributed by atoms with E-state index < -0.39 is 0 Å². The smallest absolute Gasteiger partial charge is 0.189 e. The first-order valence-corrected chi connectivity index (χ1v) is 10.7. The molecule has 1 N–H and O–H groups in total. The molecule has 0 radical (unpaired) electrons. The third-order valence-electron chi connectivity index (χ3n) is 5.09. The molecule has 2 heterocycles.